The Bertz CT molecular complexity index is 2330. The highest BCUT2D eigenvalue weighted by Gasteiger charge is 2.28. The molecule has 11 nitrogen and oxygen atoms in total. The molecule has 4 aromatic heterocycles. The third kappa shape index (κ3) is 8.57. The molecule has 56 heavy (non-hydrogen) atoms. The van der Waals surface area contributed by atoms with Crippen LogP contribution in [0, 0.1) is 11.6 Å². The lowest BCUT2D eigenvalue weighted by Crippen LogP contribution is -2.08. The molecule has 0 aliphatic heterocycles. The number of nitrogens with zero attached hydrogens (tertiary/aromatic N) is 6. The molecule has 2 aliphatic carbocycles. The van der Waals surface area contributed by atoms with Crippen molar-refractivity contribution >= 4 is 11.6 Å². The lowest BCUT2D eigenvalue weighted by molar-refractivity contribution is 0.0983. The van der Waals surface area contributed by atoms with Crippen molar-refractivity contribution in [1.29, 1.82) is 0 Å². The summed E-state index contributed by atoms with van der Waals surface area (Å²) < 4.78 is 36.7. The van der Waals surface area contributed by atoms with Crippen LogP contribution in [0.5, 0.6) is 11.5 Å². The van der Waals surface area contributed by atoms with Crippen LogP contribution in [-0.4, -0.2) is 51.3 Å². The Morgan fingerprint density at radius 2 is 1.18 bits per heavy atom. The quantitative estimate of drug-likeness (QED) is 0.156. The fourth-order valence-corrected chi connectivity index (χ4v) is 6.73. The molecule has 0 unspecified atom stereocenters. The van der Waals surface area contributed by atoms with Gasteiger partial charge in [-0.15, -0.1) is 0 Å². The summed E-state index contributed by atoms with van der Waals surface area (Å²) in [6.45, 7) is 8.48. The fraction of sp³-hybridized carbons (Fsp3) is 0.302. The second-order valence-corrected chi connectivity index (χ2v) is 13.6. The summed E-state index contributed by atoms with van der Waals surface area (Å²) >= 11 is 0. The lowest BCUT2D eigenvalue weighted by atomic mass is 10.1. The summed E-state index contributed by atoms with van der Waals surface area (Å²) in [5.41, 5.74) is 6.52. The van der Waals surface area contributed by atoms with E-state index in [2.05, 4.69) is 47.9 Å². The maximum Gasteiger partial charge on any atom is 0.167 e. The number of aliphatic hydroxyl groups excluding tert-OH is 1. The van der Waals surface area contributed by atoms with Crippen LogP contribution < -0.4 is 4.74 Å². The fourth-order valence-electron chi connectivity index (χ4n) is 6.73. The van der Waals surface area contributed by atoms with Gasteiger partial charge in [0, 0.05) is 72.0 Å². The first-order valence-corrected chi connectivity index (χ1v) is 18.1. The molecule has 0 saturated heterocycles. The van der Waals surface area contributed by atoms with E-state index in [9.17, 15) is 28.6 Å². The van der Waals surface area contributed by atoms with E-state index < -0.39 is 5.82 Å². The van der Waals surface area contributed by atoms with Gasteiger partial charge in [0.05, 0.1) is 40.5 Å². The number of aromatic hydroxyl groups is 1. The standard InChI is InChI=1S/C21H20FN3O2.C12H15N3O.C9H7FO2.CH4/c1-13(2)25-17(9-11-24-25)21-14(4-3-10-23-21)12-27-19-8-6-16(22)15-5-7-18(26)20(15)19;1-9(2)15-11(5-7-14-15)12-10(8-16)4-3-6-13-12;10-6-2-4-8(12)9-5(6)1-3-7(9)11;/h3-4,6,8-11,13H,5,7,12H2,1-2H3;3-7,9,16H,8H2,1-2H3;2,4,12H,1,3H2;1H4. The minimum Gasteiger partial charge on any atom is -0.507 e. The Labute approximate surface area is 324 Å². The first-order chi connectivity index (χ1) is 26.5. The third-order valence-electron chi connectivity index (χ3n) is 9.35. The van der Waals surface area contributed by atoms with E-state index in [4.69, 9.17) is 4.74 Å². The molecular weight excluding hydrogens is 719 g/mol. The first-order valence-electron chi connectivity index (χ1n) is 18.1. The molecule has 0 spiro atoms. The number of Topliss-reactive ketones (excluding diaryl/α,β-unsaturated/α-hetero) is 2. The zero-order valence-electron chi connectivity index (χ0n) is 31.0. The Hall–Kier alpha value is -6.08. The van der Waals surface area contributed by atoms with E-state index in [-0.39, 0.29) is 61.4 Å². The van der Waals surface area contributed by atoms with Crippen LogP contribution in [0.15, 0.2) is 85.5 Å². The SMILES string of the molecule is C.CC(C)n1nccc1-c1ncccc1CO.CC(C)n1nccc1-c1ncccc1COc1ccc(F)c2c1C(=O)CC2.O=C1CCc2c(F)ccc(O)c21. The highest BCUT2D eigenvalue weighted by Crippen LogP contribution is 2.34. The zero-order chi connectivity index (χ0) is 39.2. The van der Waals surface area contributed by atoms with Gasteiger partial charge in [-0.2, -0.15) is 10.2 Å². The van der Waals surface area contributed by atoms with Crippen LogP contribution in [-0.2, 0) is 26.1 Å². The van der Waals surface area contributed by atoms with Gasteiger partial charge >= 0.3 is 0 Å². The molecule has 13 heteroatoms. The van der Waals surface area contributed by atoms with Gasteiger partial charge in [-0.1, -0.05) is 19.6 Å². The Kier molecular flexibility index (Phi) is 13.2. The van der Waals surface area contributed by atoms with E-state index in [1.54, 1.807) is 24.8 Å². The number of phenolic OH excluding ortho intramolecular Hbond substituents is 1. The third-order valence-corrected chi connectivity index (χ3v) is 9.35. The van der Waals surface area contributed by atoms with Crippen molar-refractivity contribution in [2.24, 2.45) is 0 Å². The maximum atomic E-state index is 13.9. The number of hydrogen-bond acceptors (Lipinski definition) is 9. The van der Waals surface area contributed by atoms with Gasteiger partial charge in [-0.3, -0.25) is 28.9 Å². The number of pyridine rings is 2. The minimum absolute atomic E-state index is 0. The molecule has 0 atom stereocenters. The lowest BCUT2D eigenvalue weighted by Gasteiger charge is -2.15. The summed E-state index contributed by atoms with van der Waals surface area (Å²) in [4.78, 5) is 32.1. The number of aliphatic hydroxyl groups is 1. The molecule has 0 amide bonds. The second kappa shape index (κ2) is 18.0. The zero-order valence-corrected chi connectivity index (χ0v) is 31.0. The van der Waals surface area contributed by atoms with Crippen LogP contribution >= 0.6 is 0 Å². The first kappa shape index (κ1) is 41.1. The van der Waals surface area contributed by atoms with Crippen molar-refractivity contribution < 1.29 is 33.3 Å². The van der Waals surface area contributed by atoms with E-state index in [1.165, 1.54) is 24.3 Å². The summed E-state index contributed by atoms with van der Waals surface area (Å²) in [5, 5.41) is 27.1. The number of ketones is 2. The summed E-state index contributed by atoms with van der Waals surface area (Å²) in [7, 11) is 0. The number of ether oxygens (including phenoxy) is 1. The largest absolute Gasteiger partial charge is 0.507 e. The molecule has 2 aromatic carbocycles. The molecular formula is C43H46F2N6O5. The smallest absolute Gasteiger partial charge is 0.167 e. The van der Waals surface area contributed by atoms with Gasteiger partial charge in [-0.05, 0) is 89.1 Å². The summed E-state index contributed by atoms with van der Waals surface area (Å²) in [6, 6.07) is 17.1. The number of fused-ring (bicyclic) bond motifs is 2. The molecule has 4 heterocycles. The molecule has 6 aromatic rings. The minimum atomic E-state index is -0.395. The van der Waals surface area contributed by atoms with Crippen LogP contribution in [0.25, 0.3) is 22.8 Å². The number of benzene rings is 2. The number of halogens is 2. The van der Waals surface area contributed by atoms with Crippen molar-refractivity contribution in [2.45, 2.75) is 86.1 Å². The van der Waals surface area contributed by atoms with E-state index >= 15 is 0 Å². The van der Waals surface area contributed by atoms with Crippen molar-refractivity contribution in [3.05, 3.63) is 130 Å². The number of rotatable bonds is 8. The van der Waals surface area contributed by atoms with Crippen LogP contribution in [0.3, 0.4) is 0 Å². The monoisotopic (exact) mass is 764 g/mol. The number of aromatic nitrogens is 6. The Morgan fingerprint density at radius 3 is 1.71 bits per heavy atom. The van der Waals surface area contributed by atoms with E-state index in [1.807, 2.05) is 45.8 Å². The highest BCUT2D eigenvalue weighted by atomic mass is 19.1. The number of carbonyl (C=O) groups excluding carboxylic acids is 2. The Balaban J connectivity index is 0.000000175. The summed E-state index contributed by atoms with van der Waals surface area (Å²) in [5.74, 6) is -0.638. The molecule has 0 fully saturated rings. The predicted molar refractivity (Wildman–Crippen MR) is 208 cm³/mol. The van der Waals surface area contributed by atoms with Crippen molar-refractivity contribution in [1.82, 2.24) is 29.5 Å². The van der Waals surface area contributed by atoms with Crippen LogP contribution in [0.2, 0.25) is 0 Å². The van der Waals surface area contributed by atoms with E-state index in [0.717, 1.165) is 33.9 Å². The van der Waals surface area contributed by atoms with Gasteiger partial charge in [0.15, 0.2) is 11.6 Å². The average molecular weight is 765 g/mol. The highest BCUT2D eigenvalue weighted by molar-refractivity contribution is 6.03. The summed E-state index contributed by atoms with van der Waals surface area (Å²) in [6.07, 6.45) is 8.45. The molecule has 8 rings (SSSR count). The molecule has 2 aliphatic rings. The van der Waals surface area contributed by atoms with Gasteiger partial charge in [0.2, 0.25) is 0 Å². The van der Waals surface area contributed by atoms with Crippen molar-refractivity contribution in [3.63, 3.8) is 0 Å². The number of hydrogen-bond donors (Lipinski definition) is 2. The van der Waals surface area contributed by atoms with Crippen LogP contribution in [0.1, 0.15) is 103 Å². The second-order valence-electron chi connectivity index (χ2n) is 13.6. The molecule has 0 bridgehead atoms. The predicted octanol–water partition coefficient (Wildman–Crippen LogP) is 8.69. The van der Waals surface area contributed by atoms with Crippen molar-refractivity contribution in [3.8, 4) is 34.3 Å². The Morgan fingerprint density at radius 1 is 0.679 bits per heavy atom. The van der Waals surface area contributed by atoms with Gasteiger partial charge < -0.3 is 14.9 Å². The van der Waals surface area contributed by atoms with Gasteiger partial charge in [-0.25, -0.2) is 8.78 Å². The van der Waals surface area contributed by atoms with Gasteiger partial charge in [0.1, 0.15) is 29.7 Å². The molecule has 0 radical (unpaired) electrons. The molecule has 292 valence electrons. The number of carbonyl (C=O) groups is 2. The average Bonchev–Trinajstić information content (AvgIpc) is 4.01. The topological polar surface area (TPSA) is 145 Å². The van der Waals surface area contributed by atoms with Crippen molar-refractivity contribution in [2.75, 3.05) is 0 Å². The van der Waals surface area contributed by atoms with Crippen LogP contribution in [0.4, 0.5) is 8.78 Å². The number of phenols is 1. The normalized spacial score (nSPS) is 12.7. The molecule has 0 saturated carbocycles. The van der Waals surface area contributed by atoms with Gasteiger partial charge in [0.25, 0.3) is 0 Å². The molecule has 2 N–H and O–H groups in total. The maximum absolute atomic E-state index is 13.9. The van der Waals surface area contributed by atoms with E-state index in [0.29, 0.717) is 48.1 Å².